The van der Waals surface area contributed by atoms with E-state index < -0.39 is 44.8 Å². The molecule has 1 aliphatic rings. The largest absolute Gasteiger partial charge is 0.453 e. The minimum absolute atomic E-state index is 0.0875. The molecular weight excluding hydrogens is 411 g/mol. The van der Waals surface area contributed by atoms with E-state index in [9.17, 15) is 22.9 Å². The van der Waals surface area contributed by atoms with Crippen LogP contribution in [0.4, 0.5) is 18.0 Å². The molecule has 11 heteroatoms. The third kappa shape index (κ3) is 5.47. The molecular formula is C18H24F3N3O4S. The zero-order valence-corrected chi connectivity index (χ0v) is 17.0. The summed E-state index contributed by atoms with van der Waals surface area (Å²) in [6, 6.07) is 1.69. The van der Waals surface area contributed by atoms with Crippen LogP contribution in [-0.4, -0.2) is 59.4 Å². The third-order valence-corrected chi connectivity index (χ3v) is 7.26. The van der Waals surface area contributed by atoms with Gasteiger partial charge in [-0.2, -0.15) is 0 Å². The highest BCUT2D eigenvalue weighted by atomic mass is 32.2. The molecule has 1 atom stereocenters. The Hall–Kier alpha value is -2.14. The van der Waals surface area contributed by atoms with Crippen molar-refractivity contribution < 1.29 is 32.0 Å². The average molecular weight is 435 g/mol. The molecule has 1 fully saturated rings. The van der Waals surface area contributed by atoms with Gasteiger partial charge in [-0.1, -0.05) is 0 Å². The Morgan fingerprint density at radius 3 is 2.41 bits per heavy atom. The van der Waals surface area contributed by atoms with Crippen molar-refractivity contribution in [3.05, 3.63) is 34.9 Å². The van der Waals surface area contributed by atoms with Crippen LogP contribution in [0, 0.1) is 17.0 Å². The lowest BCUT2D eigenvalue weighted by atomic mass is 9.87. The molecule has 0 saturated carbocycles. The molecule has 29 heavy (non-hydrogen) atoms. The number of hydrogen-bond donors (Lipinski definition) is 3. The topological polar surface area (TPSA) is 112 Å². The number of amides is 1. The van der Waals surface area contributed by atoms with Crippen LogP contribution >= 0.6 is 0 Å². The van der Waals surface area contributed by atoms with Crippen molar-refractivity contribution in [2.75, 3.05) is 32.2 Å². The molecule has 7 nitrogen and oxygen atoms in total. The van der Waals surface area contributed by atoms with Gasteiger partial charge in [0.1, 0.15) is 17.3 Å². The highest BCUT2D eigenvalue weighted by molar-refractivity contribution is 7.93. The summed E-state index contributed by atoms with van der Waals surface area (Å²) in [5.41, 5.74) is -3.46. The van der Waals surface area contributed by atoms with Crippen LogP contribution in [-0.2, 0) is 20.1 Å². The van der Waals surface area contributed by atoms with E-state index in [4.69, 9.17) is 5.41 Å². The maximum atomic E-state index is 15.3. The van der Waals surface area contributed by atoms with E-state index in [1.54, 1.807) is 0 Å². The highest BCUT2D eigenvalue weighted by Gasteiger charge is 2.42. The first kappa shape index (κ1) is 23.1. The first-order chi connectivity index (χ1) is 13.5. The first-order valence-corrected chi connectivity index (χ1v) is 10.8. The van der Waals surface area contributed by atoms with E-state index >= 15 is 4.39 Å². The van der Waals surface area contributed by atoms with Gasteiger partial charge in [0.25, 0.3) is 0 Å². The van der Waals surface area contributed by atoms with Gasteiger partial charge in [-0.05, 0) is 25.0 Å². The second kappa shape index (κ2) is 9.12. The molecule has 162 valence electrons. The number of hydrogen-bond acceptors (Lipinski definition) is 6. The zero-order valence-electron chi connectivity index (χ0n) is 16.1. The van der Waals surface area contributed by atoms with Crippen molar-refractivity contribution in [1.29, 1.82) is 5.41 Å². The number of alkyl halides is 1. The number of methoxy groups -OCH3 is 1. The monoisotopic (exact) mass is 435 g/mol. The Balaban J connectivity index is 2.16. The smallest absolute Gasteiger partial charge is 0.406 e. The number of halogens is 3. The van der Waals surface area contributed by atoms with Gasteiger partial charge in [0.05, 0.1) is 18.8 Å². The van der Waals surface area contributed by atoms with Crippen LogP contribution in [0.2, 0.25) is 0 Å². The van der Waals surface area contributed by atoms with E-state index in [0.717, 1.165) is 19.2 Å². The van der Waals surface area contributed by atoms with Gasteiger partial charge in [0.2, 0.25) is 0 Å². The SMILES string of the molecule is CN=[S@]1(=O)CC[C@@](F)(c2c(F)cc(C(=N)C[C@@H](O)CNC(=O)OC)cc2F)CC1. The fourth-order valence-electron chi connectivity index (χ4n) is 3.18. The van der Waals surface area contributed by atoms with Crippen LogP contribution in [0.15, 0.2) is 16.5 Å². The molecule has 0 aromatic heterocycles. The van der Waals surface area contributed by atoms with Gasteiger partial charge >= 0.3 is 6.09 Å². The minimum atomic E-state index is -2.54. The maximum Gasteiger partial charge on any atom is 0.406 e. The van der Waals surface area contributed by atoms with E-state index in [1.807, 2.05) is 0 Å². The number of rotatable bonds is 6. The molecule has 1 amide bonds. The number of benzene rings is 1. The van der Waals surface area contributed by atoms with Crippen LogP contribution < -0.4 is 5.32 Å². The molecule has 0 bridgehead atoms. The summed E-state index contributed by atoms with van der Waals surface area (Å²) in [5, 5.41) is 20.0. The minimum Gasteiger partial charge on any atom is -0.453 e. The molecule has 1 heterocycles. The van der Waals surface area contributed by atoms with Crippen LogP contribution in [0.5, 0.6) is 0 Å². The van der Waals surface area contributed by atoms with E-state index in [-0.39, 0.29) is 48.6 Å². The Kier molecular flexibility index (Phi) is 7.28. The first-order valence-electron chi connectivity index (χ1n) is 8.90. The zero-order chi connectivity index (χ0) is 21.8. The van der Waals surface area contributed by atoms with Gasteiger partial charge in [-0.3, -0.25) is 0 Å². The fourth-order valence-corrected chi connectivity index (χ4v) is 5.03. The number of nitrogens with zero attached hydrogens (tertiary/aromatic N) is 1. The molecule has 0 aliphatic carbocycles. The Morgan fingerprint density at radius 1 is 1.38 bits per heavy atom. The van der Waals surface area contributed by atoms with Crippen molar-refractivity contribution in [2.24, 2.45) is 4.36 Å². The molecule has 1 aliphatic heterocycles. The molecule has 1 saturated heterocycles. The number of carbonyl (C=O) groups excluding carboxylic acids is 1. The molecule has 1 aromatic carbocycles. The number of carbonyl (C=O) groups is 1. The lowest BCUT2D eigenvalue weighted by molar-refractivity contribution is 0.137. The van der Waals surface area contributed by atoms with Crippen LogP contribution in [0.3, 0.4) is 0 Å². The number of aliphatic hydroxyl groups excluding tert-OH is 1. The summed E-state index contributed by atoms with van der Waals surface area (Å²) in [7, 11) is -0.0140. The highest BCUT2D eigenvalue weighted by Crippen LogP contribution is 2.41. The summed E-state index contributed by atoms with van der Waals surface area (Å²) in [4.78, 5) is 11.0. The second-order valence-electron chi connectivity index (χ2n) is 6.85. The average Bonchev–Trinajstić information content (AvgIpc) is 2.68. The summed E-state index contributed by atoms with van der Waals surface area (Å²) < 4.78 is 64.8. The fraction of sp³-hybridized carbons (Fsp3) is 0.556. The van der Waals surface area contributed by atoms with E-state index in [1.165, 1.54) is 7.05 Å². The van der Waals surface area contributed by atoms with Crippen molar-refractivity contribution in [3.8, 4) is 0 Å². The molecule has 0 spiro atoms. The third-order valence-electron chi connectivity index (χ3n) is 4.91. The van der Waals surface area contributed by atoms with Gasteiger partial charge < -0.3 is 20.6 Å². The Bertz CT molecular complexity index is 879. The Labute approximate surface area is 167 Å². The van der Waals surface area contributed by atoms with Crippen molar-refractivity contribution in [2.45, 2.75) is 31.0 Å². The van der Waals surface area contributed by atoms with Gasteiger partial charge in [0.15, 0.2) is 0 Å². The standard InChI is InChI=1S/C18H24F3N3O4S/c1-23-29(27)5-3-18(21,4-6-29)16-13(19)7-11(8-14(16)20)15(22)9-12(25)10-24-17(26)28-2/h7-8,12,22,25H,3-6,9-10H2,1-2H3,(H,24,26)/t12-,18-,29-/m1/s1. The molecule has 0 unspecified atom stereocenters. The van der Waals surface area contributed by atoms with Gasteiger partial charge in [-0.25, -0.2) is 26.5 Å². The van der Waals surface area contributed by atoms with Crippen molar-refractivity contribution in [1.82, 2.24) is 5.32 Å². The van der Waals surface area contributed by atoms with Gasteiger partial charge in [-0.15, -0.1) is 0 Å². The normalized spacial score (nSPS) is 25.2. The van der Waals surface area contributed by atoms with E-state index in [0.29, 0.717) is 0 Å². The van der Waals surface area contributed by atoms with Gasteiger partial charge in [0, 0.05) is 52.5 Å². The summed E-state index contributed by atoms with van der Waals surface area (Å²) in [5.74, 6) is -2.46. The predicted octanol–water partition coefficient (Wildman–Crippen LogP) is 2.50. The second-order valence-corrected chi connectivity index (χ2v) is 9.58. The lowest BCUT2D eigenvalue weighted by Crippen LogP contribution is -2.35. The number of alkyl carbamates (subject to hydrolysis) is 1. The number of aliphatic hydroxyl groups is 1. The summed E-state index contributed by atoms with van der Waals surface area (Å²) in [6.07, 6.45) is -2.86. The molecule has 2 rings (SSSR count). The molecule has 3 N–H and O–H groups in total. The molecule has 0 radical (unpaired) electrons. The van der Waals surface area contributed by atoms with Crippen LogP contribution in [0.25, 0.3) is 0 Å². The number of nitrogens with one attached hydrogen (secondary N) is 2. The maximum absolute atomic E-state index is 15.3. The summed E-state index contributed by atoms with van der Waals surface area (Å²) >= 11 is 0. The van der Waals surface area contributed by atoms with Crippen molar-refractivity contribution >= 4 is 21.5 Å². The Morgan fingerprint density at radius 2 is 1.93 bits per heavy atom. The van der Waals surface area contributed by atoms with Crippen LogP contribution in [0.1, 0.15) is 30.4 Å². The van der Waals surface area contributed by atoms with E-state index in [2.05, 4.69) is 14.4 Å². The van der Waals surface area contributed by atoms with Crippen molar-refractivity contribution in [3.63, 3.8) is 0 Å². The summed E-state index contributed by atoms with van der Waals surface area (Å²) in [6.45, 7) is -0.215. The lowest BCUT2D eigenvalue weighted by Gasteiger charge is -2.32. The number of ether oxygens (including phenoxy) is 1. The predicted molar refractivity (Wildman–Crippen MR) is 102 cm³/mol. The quantitative estimate of drug-likeness (QED) is 0.596. The molecule has 1 aromatic rings.